The van der Waals surface area contributed by atoms with E-state index in [4.69, 9.17) is 4.74 Å². The summed E-state index contributed by atoms with van der Waals surface area (Å²) in [6, 6.07) is 22.5. The number of nitrogens with zero attached hydrogens (tertiary/aromatic N) is 1. The summed E-state index contributed by atoms with van der Waals surface area (Å²) >= 11 is 0. The average molecular weight is 564 g/mol. The zero-order valence-corrected chi connectivity index (χ0v) is 26.0. The van der Waals surface area contributed by atoms with E-state index in [0.717, 1.165) is 27.8 Å². The first kappa shape index (κ1) is 31.6. The summed E-state index contributed by atoms with van der Waals surface area (Å²) in [4.78, 5) is 13.0. The van der Waals surface area contributed by atoms with E-state index in [1.165, 1.54) is 4.31 Å². The van der Waals surface area contributed by atoms with E-state index in [9.17, 15) is 13.2 Å². The molecule has 0 N–H and O–H groups in total. The Balaban J connectivity index is 2.30. The Hall–Kier alpha value is -2.96. The minimum absolute atomic E-state index is 0.00213. The highest BCUT2D eigenvalue weighted by molar-refractivity contribution is 7.89. The van der Waals surface area contributed by atoms with Crippen molar-refractivity contribution in [3.63, 3.8) is 0 Å². The molecular formula is C34H45NO4S. The summed E-state index contributed by atoms with van der Waals surface area (Å²) in [5, 5.41) is 0. The van der Waals surface area contributed by atoms with Gasteiger partial charge in [-0.25, -0.2) is 8.42 Å². The van der Waals surface area contributed by atoms with Crippen molar-refractivity contribution in [2.75, 3.05) is 0 Å². The molecule has 216 valence electrons. The SMILES string of the molecule is CCC(=O)O[C@H](c1ccccc1)[C@H](C)N(Cc1ccccc1)S(=O)(=O)c1c(C(C)C)cc(C(C)C)cc1C(C)C. The predicted octanol–water partition coefficient (Wildman–Crippen LogP) is 8.33. The smallest absolute Gasteiger partial charge is 0.306 e. The second-order valence-corrected chi connectivity index (χ2v) is 13.3. The molecule has 0 amide bonds. The highest BCUT2D eigenvalue weighted by atomic mass is 32.2. The second-order valence-electron chi connectivity index (χ2n) is 11.4. The Bertz CT molecular complexity index is 1340. The number of ether oxygens (including phenoxy) is 1. The molecule has 0 radical (unpaired) electrons. The van der Waals surface area contributed by atoms with Gasteiger partial charge in [0.25, 0.3) is 0 Å². The molecule has 0 saturated heterocycles. The van der Waals surface area contributed by atoms with Crippen LogP contribution in [0.3, 0.4) is 0 Å². The molecule has 6 heteroatoms. The minimum Gasteiger partial charge on any atom is -0.456 e. The van der Waals surface area contributed by atoms with Crippen molar-refractivity contribution in [2.24, 2.45) is 0 Å². The summed E-state index contributed by atoms with van der Waals surface area (Å²) in [5.41, 5.74) is 4.40. The number of esters is 1. The molecule has 0 aliphatic heterocycles. The lowest BCUT2D eigenvalue weighted by atomic mass is 9.89. The van der Waals surface area contributed by atoms with Crippen molar-refractivity contribution in [1.29, 1.82) is 0 Å². The third-order valence-corrected chi connectivity index (χ3v) is 9.46. The summed E-state index contributed by atoms with van der Waals surface area (Å²) in [7, 11) is -4.05. The quantitative estimate of drug-likeness (QED) is 0.208. The molecule has 5 nitrogen and oxygen atoms in total. The van der Waals surface area contributed by atoms with Crippen LogP contribution in [0, 0.1) is 0 Å². The maximum absolute atomic E-state index is 15.0. The average Bonchev–Trinajstić information content (AvgIpc) is 2.94. The molecule has 0 aromatic heterocycles. The van der Waals surface area contributed by atoms with Gasteiger partial charge < -0.3 is 4.74 Å². The van der Waals surface area contributed by atoms with Crippen LogP contribution in [0.15, 0.2) is 77.7 Å². The van der Waals surface area contributed by atoms with E-state index in [1.807, 2.05) is 95.3 Å². The van der Waals surface area contributed by atoms with E-state index < -0.39 is 22.2 Å². The summed E-state index contributed by atoms with van der Waals surface area (Å²) in [5.74, 6) is -0.109. The number of hydrogen-bond donors (Lipinski definition) is 0. The van der Waals surface area contributed by atoms with Gasteiger partial charge in [0.2, 0.25) is 10.0 Å². The zero-order chi connectivity index (χ0) is 29.6. The van der Waals surface area contributed by atoms with Crippen LogP contribution < -0.4 is 0 Å². The van der Waals surface area contributed by atoms with Crippen LogP contribution in [0.2, 0.25) is 0 Å². The normalized spacial score (nSPS) is 13.7. The van der Waals surface area contributed by atoms with Gasteiger partial charge in [0.1, 0.15) is 6.10 Å². The van der Waals surface area contributed by atoms with Crippen LogP contribution >= 0.6 is 0 Å². The van der Waals surface area contributed by atoms with Gasteiger partial charge in [0, 0.05) is 13.0 Å². The van der Waals surface area contributed by atoms with Crippen molar-refractivity contribution in [1.82, 2.24) is 4.31 Å². The molecule has 0 saturated carbocycles. The van der Waals surface area contributed by atoms with Crippen molar-refractivity contribution in [2.45, 2.75) is 103 Å². The topological polar surface area (TPSA) is 63.7 Å². The highest BCUT2D eigenvalue weighted by Crippen LogP contribution is 2.39. The van der Waals surface area contributed by atoms with Crippen molar-refractivity contribution in [3.05, 3.63) is 101 Å². The summed E-state index contributed by atoms with van der Waals surface area (Å²) < 4.78 is 37.5. The lowest BCUT2D eigenvalue weighted by Crippen LogP contribution is -2.43. The van der Waals surface area contributed by atoms with Crippen LogP contribution in [0.4, 0.5) is 0 Å². The van der Waals surface area contributed by atoms with Gasteiger partial charge in [0.05, 0.1) is 10.9 Å². The molecule has 0 fully saturated rings. The van der Waals surface area contributed by atoms with Gasteiger partial charge in [-0.05, 0) is 52.5 Å². The number of carbonyl (C=O) groups excluding carboxylic acids is 1. The molecule has 0 bridgehead atoms. The predicted molar refractivity (Wildman–Crippen MR) is 163 cm³/mol. The summed E-state index contributed by atoms with van der Waals surface area (Å²) in [6.45, 7) is 16.2. The van der Waals surface area contributed by atoms with Crippen molar-refractivity contribution in [3.8, 4) is 0 Å². The number of benzene rings is 3. The fourth-order valence-electron chi connectivity index (χ4n) is 4.98. The van der Waals surface area contributed by atoms with E-state index in [1.54, 1.807) is 6.92 Å². The Morgan fingerprint density at radius 1 is 0.750 bits per heavy atom. The highest BCUT2D eigenvalue weighted by Gasteiger charge is 2.39. The lowest BCUT2D eigenvalue weighted by Gasteiger charge is -2.35. The zero-order valence-electron chi connectivity index (χ0n) is 25.2. The molecule has 3 aromatic carbocycles. The molecule has 0 unspecified atom stereocenters. The first-order chi connectivity index (χ1) is 18.9. The van der Waals surface area contributed by atoms with Crippen LogP contribution in [0.5, 0.6) is 0 Å². The first-order valence-electron chi connectivity index (χ1n) is 14.4. The van der Waals surface area contributed by atoms with Gasteiger partial charge in [-0.15, -0.1) is 0 Å². The minimum atomic E-state index is -4.05. The monoisotopic (exact) mass is 563 g/mol. The molecule has 40 heavy (non-hydrogen) atoms. The van der Waals surface area contributed by atoms with E-state index in [-0.39, 0.29) is 36.7 Å². The van der Waals surface area contributed by atoms with E-state index in [2.05, 4.69) is 26.0 Å². The van der Waals surface area contributed by atoms with Gasteiger partial charge in [-0.1, -0.05) is 121 Å². The molecule has 3 rings (SSSR count). The molecule has 0 aliphatic rings. The lowest BCUT2D eigenvalue weighted by molar-refractivity contribution is -0.151. The Morgan fingerprint density at radius 2 is 1.25 bits per heavy atom. The van der Waals surface area contributed by atoms with E-state index in [0.29, 0.717) is 4.90 Å². The van der Waals surface area contributed by atoms with Gasteiger partial charge >= 0.3 is 5.97 Å². The first-order valence-corrected chi connectivity index (χ1v) is 15.8. The fraction of sp³-hybridized carbons (Fsp3) is 0.441. The Labute approximate surface area is 241 Å². The maximum Gasteiger partial charge on any atom is 0.306 e. The third-order valence-electron chi connectivity index (χ3n) is 7.39. The number of sulfonamides is 1. The number of hydrogen-bond acceptors (Lipinski definition) is 4. The molecule has 3 aromatic rings. The largest absolute Gasteiger partial charge is 0.456 e. The fourth-order valence-corrected chi connectivity index (χ4v) is 7.27. The van der Waals surface area contributed by atoms with Gasteiger partial charge in [-0.2, -0.15) is 4.31 Å². The molecule has 2 atom stereocenters. The van der Waals surface area contributed by atoms with Crippen LogP contribution in [0.1, 0.15) is 113 Å². The molecular weight excluding hydrogens is 518 g/mol. The molecule has 0 spiro atoms. The maximum atomic E-state index is 15.0. The van der Waals surface area contributed by atoms with Crippen LogP contribution in [-0.4, -0.2) is 24.7 Å². The van der Waals surface area contributed by atoms with Crippen LogP contribution in [0.25, 0.3) is 0 Å². The third kappa shape index (κ3) is 7.21. The standard InChI is InChI=1S/C34H45NO4S/c1-9-32(36)39-33(28-18-14-11-15-19-28)26(8)35(22-27-16-12-10-13-17-27)40(37,38)34-30(24(4)5)20-29(23(2)3)21-31(34)25(6)7/h10-21,23-26,33H,9,22H2,1-8H3/t26-,33-/m0/s1. The number of carbonyl (C=O) groups is 1. The Kier molecular flexibility index (Phi) is 10.7. The van der Waals surface area contributed by atoms with E-state index >= 15 is 0 Å². The Morgan fingerprint density at radius 3 is 1.70 bits per heavy atom. The van der Waals surface area contributed by atoms with Crippen LogP contribution in [-0.2, 0) is 26.1 Å². The number of rotatable bonds is 12. The van der Waals surface area contributed by atoms with Gasteiger partial charge in [0.15, 0.2) is 0 Å². The summed E-state index contributed by atoms with van der Waals surface area (Å²) in [6.07, 6.45) is -0.570. The second kappa shape index (κ2) is 13.6. The molecule has 0 heterocycles. The van der Waals surface area contributed by atoms with Crippen molar-refractivity contribution < 1.29 is 17.9 Å². The van der Waals surface area contributed by atoms with Gasteiger partial charge in [-0.3, -0.25) is 4.79 Å². The van der Waals surface area contributed by atoms with Crippen molar-refractivity contribution >= 4 is 16.0 Å². The molecule has 0 aliphatic carbocycles.